The third-order valence-electron chi connectivity index (χ3n) is 4.45. The molecule has 0 radical (unpaired) electrons. The lowest BCUT2D eigenvalue weighted by molar-refractivity contribution is -0.119. The maximum Gasteiger partial charge on any atom is 0.342 e. The van der Waals surface area contributed by atoms with E-state index in [0.717, 1.165) is 10.8 Å². The summed E-state index contributed by atoms with van der Waals surface area (Å²) in [6.07, 6.45) is 0. The molecule has 0 aliphatic carbocycles. The van der Waals surface area contributed by atoms with Gasteiger partial charge in [0.2, 0.25) is 0 Å². The first-order valence-corrected chi connectivity index (χ1v) is 9.07. The molecule has 1 heterocycles. The molecule has 1 aliphatic heterocycles. The molecule has 4 rings (SSSR count). The van der Waals surface area contributed by atoms with E-state index < -0.39 is 18.5 Å². The summed E-state index contributed by atoms with van der Waals surface area (Å²) in [5.41, 5.74) is 0.789. The van der Waals surface area contributed by atoms with Crippen molar-refractivity contribution in [2.75, 3.05) is 32.2 Å². The highest BCUT2D eigenvalue weighted by molar-refractivity contribution is 6.00. The largest absolute Gasteiger partial charge is 0.496 e. The van der Waals surface area contributed by atoms with E-state index in [0.29, 0.717) is 36.1 Å². The maximum absolute atomic E-state index is 12.5. The molecule has 1 N–H and O–H groups in total. The van der Waals surface area contributed by atoms with Crippen LogP contribution in [0.2, 0.25) is 0 Å². The Labute approximate surface area is 167 Å². The van der Waals surface area contributed by atoms with Crippen molar-refractivity contribution in [1.82, 2.24) is 0 Å². The zero-order valence-electron chi connectivity index (χ0n) is 15.8. The predicted molar refractivity (Wildman–Crippen MR) is 107 cm³/mol. The number of amides is 1. The van der Waals surface area contributed by atoms with Crippen LogP contribution in [0.4, 0.5) is 5.69 Å². The van der Waals surface area contributed by atoms with Crippen LogP contribution in [-0.4, -0.2) is 38.8 Å². The second-order valence-electron chi connectivity index (χ2n) is 6.38. The van der Waals surface area contributed by atoms with Crippen molar-refractivity contribution in [3.05, 3.63) is 60.2 Å². The Kier molecular flexibility index (Phi) is 5.20. The first-order valence-electron chi connectivity index (χ1n) is 9.07. The third kappa shape index (κ3) is 4.08. The zero-order chi connectivity index (χ0) is 20.2. The van der Waals surface area contributed by atoms with Crippen molar-refractivity contribution < 1.29 is 28.5 Å². The van der Waals surface area contributed by atoms with Gasteiger partial charge >= 0.3 is 5.97 Å². The monoisotopic (exact) mass is 393 g/mol. The Morgan fingerprint density at radius 3 is 2.45 bits per heavy atom. The fourth-order valence-electron chi connectivity index (χ4n) is 3.07. The molecule has 0 spiro atoms. The van der Waals surface area contributed by atoms with Gasteiger partial charge in [-0.15, -0.1) is 0 Å². The maximum atomic E-state index is 12.5. The second-order valence-corrected chi connectivity index (χ2v) is 6.38. The van der Waals surface area contributed by atoms with Crippen LogP contribution in [0.1, 0.15) is 10.4 Å². The molecule has 7 nitrogen and oxygen atoms in total. The number of anilines is 1. The Balaban J connectivity index is 1.41. The van der Waals surface area contributed by atoms with Crippen LogP contribution in [0.25, 0.3) is 10.8 Å². The average Bonchev–Trinajstić information content (AvgIpc) is 2.76. The van der Waals surface area contributed by atoms with Gasteiger partial charge in [-0.2, -0.15) is 0 Å². The average molecular weight is 393 g/mol. The summed E-state index contributed by atoms with van der Waals surface area (Å²) >= 11 is 0. The number of methoxy groups -OCH3 is 1. The fraction of sp³-hybridized carbons (Fsp3) is 0.182. The standard InChI is InChI=1S/C22H19NO6/c1-26-19-11-15-5-3-2-4-14(15)10-17(19)22(25)29-13-21(24)23-16-6-7-18-20(12-16)28-9-8-27-18/h2-7,10-12H,8-9,13H2,1H3,(H,23,24). The van der Waals surface area contributed by atoms with Crippen molar-refractivity contribution in [2.24, 2.45) is 0 Å². The normalized spacial score (nSPS) is 12.3. The summed E-state index contributed by atoms with van der Waals surface area (Å²) in [6.45, 7) is 0.520. The number of carbonyl (C=O) groups is 2. The number of esters is 1. The number of ether oxygens (including phenoxy) is 4. The molecule has 1 amide bonds. The van der Waals surface area contributed by atoms with Gasteiger partial charge in [-0.05, 0) is 35.0 Å². The minimum atomic E-state index is -0.634. The second kappa shape index (κ2) is 8.10. The summed E-state index contributed by atoms with van der Waals surface area (Å²) < 4.78 is 21.4. The van der Waals surface area contributed by atoms with Gasteiger partial charge in [-0.25, -0.2) is 4.79 Å². The van der Waals surface area contributed by atoms with Gasteiger partial charge in [0.05, 0.1) is 7.11 Å². The fourth-order valence-corrected chi connectivity index (χ4v) is 3.07. The van der Waals surface area contributed by atoms with Gasteiger partial charge in [0.25, 0.3) is 5.91 Å². The van der Waals surface area contributed by atoms with E-state index in [9.17, 15) is 9.59 Å². The predicted octanol–water partition coefficient (Wildman–Crippen LogP) is 3.42. The molecule has 3 aromatic rings. The van der Waals surface area contributed by atoms with E-state index in [1.54, 1.807) is 30.3 Å². The molecule has 29 heavy (non-hydrogen) atoms. The first-order chi connectivity index (χ1) is 14.1. The summed E-state index contributed by atoms with van der Waals surface area (Å²) in [5, 5.41) is 4.49. The van der Waals surface area contributed by atoms with E-state index in [1.165, 1.54) is 7.11 Å². The third-order valence-corrected chi connectivity index (χ3v) is 4.45. The summed E-state index contributed by atoms with van der Waals surface area (Å²) in [7, 11) is 1.48. The van der Waals surface area contributed by atoms with E-state index >= 15 is 0 Å². The molecule has 0 saturated heterocycles. The molecular formula is C22H19NO6. The molecule has 3 aromatic carbocycles. The number of carbonyl (C=O) groups excluding carboxylic acids is 2. The molecule has 0 aromatic heterocycles. The molecule has 0 saturated carbocycles. The van der Waals surface area contributed by atoms with E-state index in [-0.39, 0.29) is 5.56 Å². The lowest BCUT2D eigenvalue weighted by atomic mass is 10.1. The minimum Gasteiger partial charge on any atom is -0.496 e. The smallest absolute Gasteiger partial charge is 0.342 e. The van der Waals surface area contributed by atoms with E-state index in [4.69, 9.17) is 18.9 Å². The van der Waals surface area contributed by atoms with Gasteiger partial charge in [0.1, 0.15) is 24.5 Å². The van der Waals surface area contributed by atoms with E-state index in [2.05, 4.69) is 5.32 Å². The number of hydrogen-bond donors (Lipinski definition) is 1. The van der Waals surface area contributed by atoms with Gasteiger partial charge in [-0.1, -0.05) is 24.3 Å². The minimum absolute atomic E-state index is 0.262. The van der Waals surface area contributed by atoms with Crippen LogP contribution < -0.4 is 19.5 Å². The Morgan fingerprint density at radius 1 is 0.966 bits per heavy atom. The van der Waals surface area contributed by atoms with Crippen molar-refractivity contribution in [3.8, 4) is 17.2 Å². The molecule has 1 aliphatic rings. The van der Waals surface area contributed by atoms with Crippen molar-refractivity contribution >= 4 is 28.3 Å². The van der Waals surface area contributed by atoms with Gasteiger partial charge in [-0.3, -0.25) is 4.79 Å². The zero-order valence-corrected chi connectivity index (χ0v) is 15.8. The van der Waals surface area contributed by atoms with Gasteiger partial charge in [0, 0.05) is 11.8 Å². The molecule has 7 heteroatoms. The SMILES string of the molecule is COc1cc2ccccc2cc1C(=O)OCC(=O)Nc1ccc2c(c1)OCCO2. The van der Waals surface area contributed by atoms with Crippen molar-refractivity contribution in [1.29, 1.82) is 0 Å². The Bertz CT molecular complexity index is 1080. The number of fused-ring (bicyclic) bond motifs is 2. The quantitative estimate of drug-likeness (QED) is 0.669. The summed E-state index contributed by atoms with van der Waals surface area (Å²) in [5.74, 6) is 0.483. The van der Waals surface area contributed by atoms with Crippen molar-refractivity contribution in [2.45, 2.75) is 0 Å². The van der Waals surface area contributed by atoms with Crippen LogP contribution in [0.15, 0.2) is 54.6 Å². The van der Waals surface area contributed by atoms with Crippen LogP contribution in [-0.2, 0) is 9.53 Å². The molecule has 148 valence electrons. The van der Waals surface area contributed by atoms with E-state index in [1.807, 2.05) is 24.3 Å². The molecule has 0 fully saturated rings. The van der Waals surface area contributed by atoms with Crippen molar-refractivity contribution in [3.63, 3.8) is 0 Å². The number of rotatable bonds is 5. The summed E-state index contributed by atoms with van der Waals surface area (Å²) in [4.78, 5) is 24.7. The van der Waals surface area contributed by atoms with Crippen LogP contribution >= 0.6 is 0 Å². The highest BCUT2D eigenvalue weighted by atomic mass is 16.6. The number of benzene rings is 3. The molecule has 0 bridgehead atoms. The van der Waals surface area contributed by atoms with Gasteiger partial charge in [0.15, 0.2) is 18.1 Å². The highest BCUT2D eigenvalue weighted by Crippen LogP contribution is 2.32. The van der Waals surface area contributed by atoms with Gasteiger partial charge < -0.3 is 24.3 Å². The first kappa shape index (κ1) is 18.6. The summed E-state index contributed by atoms with van der Waals surface area (Å²) in [6, 6.07) is 16.1. The molecule has 0 atom stereocenters. The molecule has 0 unspecified atom stereocenters. The topological polar surface area (TPSA) is 83.1 Å². The Hall–Kier alpha value is -3.74. The van der Waals surface area contributed by atoms with Crippen LogP contribution in [0.3, 0.4) is 0 Å². The van der Waals surface area contributed by atoms with Crippen LogP contribution in [0, 0.1) is 0 Å². The molecular weight excluding hydrogens is 374 g/mol. The Morgan fingerprint density at radius 2 is 1.69 bits per heavy atom. The lowest BCUT2D eigenvalue weighted by Gasteiger charge is -2.19. The highest BCUT2D eigenvalue weighted by Gasteiger charge is 2.17. The van der Waals surface area contributed by atoms with Crippen LogP contribution in [0.5, 0.6) is 17.2 Å². The number of nitrogens with one attached hydrogen (secondary N) is 1. The lowest BCUT2D eigenvalue weighted by Crippen LogP contribution is -2.21. The number of hydrogen-bond acceptors (Lipinski definition) is 6.